The SMILES string of the molecule is COCC(=O)C(O)C(O)C(C)=O. The van der Waals surface area contributed by atoms with Gasteiger partial charge in [-0.3, -0.25) is 9.59 Å². The largest absolute Gasteiger partial charge is 0.382 e. The van der Waals surface area contributed by atoms with E-state index in [0.717, 1.165) is 6.92 Å². The van der Waals surface area contributed by atoms with Gasteiger partial charge >= 0.3 is 0 Å². The zero-order valence-electron chi connectivity index (χ0n) is 6.98. The number of carbonyl (C=O) groups is 2. The lowest BCUT2D eigenvalue weighted by atomic mass is 10.1. The van der Waals surface area contributed by atoms with Gasteiger partial charge in [0.1, 0.15) is 18.8 Å². The van der Waals surface area contributed by atoms with Crippen LogP contribution < -0.4 is 0 Å². The fraction of sp³-hybridized carbons (Fsp3) is 0.714. The third-order valence-electron chi connectivity index (χ3n) is 1.33. The molecule has 0 saturated carbocycles. The van der Waals surface area contributed by atoms with Crippen molar-refractivity contribution in [2.24, 2.45) is 0 Å². The molecule has 0 spiro atoms. The van der Waals surface area contributed by atoms with Gasteiger partial charge in [-0.25, -0.2) is 0 Å². The lowest BCUT2D eigenvalue weighted by Gasteiger charge is -2.12. The molecule has 5 heteroatoms. The lowest BCUT2D eigenvalue weighted by molar-refractivity contribution is -0.144. The van der Waals surface area contributed by atoms with Gasteiger partial charge < -0.3 is 14.9 Å². The average Bonchev–Trinajstić information content (AvgIpc) is 2.02. The number of methoxy groups -OCH3 is 1. The monoisotopic (exact) mass is 176 g/mol. The van der Waals surface area contributed by atoms with Crippen LogP contribution in [-0.4, -0.2) is 47.7 Å². The first-order valence-electron chi connectivity index (χ1n) is 3.39. The van der Waals surface area contributed by atoms with Gasteiger partial charge in [-0.15, -0.1) is 0 Å². The van der Waals surface area contributed by atoms with Gasteiger partial charge in [-0.05, 0) is 6.92 Å². The van der Waals surface area contributed by atoms with Gasteiger partial charge in [0.25, 0.3) is 0 Å². The summed E-state index contributed by atoms with van der Waals surface area (Å²) < 4.78 is 4.42. The van der Waals surface area contributed by atoms with Crippen LogP contribution in [0.15, 0.2) is 0 Å². The number of Topliss-reactive ketones (excluding diaryl/α,β-unsaturated/α-hetero) is 2. The standard InChI is InChI=1S/C7H12O5/c1-4(8)6(10)7(11)5(9)3-12-2/h6-7,10-11H,3H2,1-2H3. The third kappa shape index (κ3) is 3.08. The number of ether oxygens (including phenoxy) is 1. The fourth-order valence-electron chi connectivity index (χ4n) is 0.626. The summed E-state index contributed by atoms with van der Waals surface area (Å²) in [6.07, 6.45) is -3.32. The van der Waals surface area contributed by atoms with E-state index >= 15 is 0 Å². The number of aliphatic hydroxyl groups is 2. The van der Waals surface area contributed by atoms with Gasteiger partial charge in [-0.1, -0.05) is 0 Å². The van der Waals surface area contributed by atoms with E-state index in [2.05, 4.69) is 4.74 Å². The topological polar surface area (TPSA) is 83.8 Å². The first-order valence-corrected chi connectivity index (χ1v) is 3.39. The molecule has 0 aromatic carbocycles. The fourth-order valence-corrected chi connectivity index (χ4v) is 0.626. The van der Waals surface area contributed by atoms with Crippen molar-refractivity contribution >= 4 is 11.6 Å². The zero-order valence-corrected chi connectivity index (χ0v) is 6.98. The quantitative estimate of drug-likeness (QED) is 0.533. The van der Waals surface area contributed by atoms with Crippen molar-refractivity contribution in [1.82, 2.24) is 0 Å². The summed E-state index contributed by atoms with van der Waals surface area (Å²) in [6.45, 7) is 0.777. The maximum absolute atomic E-state index is 10.8. The van der Waals surface area contributed by atoms with Crippen LogP contribution in [0, 0.1) is 0 Å². The molecule has 0 rings (SSSR count). The average molecular weight is 176 g/mol. The van der Waals surface area contributed by atoms with E-state index in [-0.39, 0.29) is 6.61 Å². The maximum Gasteiger partial charge on any atom is 0.189 e. The van der Waals surface area contributed by atoms with Crippen LogP contribution in [0.5, 0.6) is 0 Å². The van der Waals surface area contributed by atoms with Crippen molar-refractivity contribution in [2.45, 2.75) is 19.1 Å². The number of carbonyl (C=O) groups excluding carboxylic acids is 2. The van der Waals surface area contributed by atoms with Crippen molar-refractivity contribution in [3.63, 3.8) is 0 Å². The summed E-state index contributed by atoms with van der Waals surface area (Å²) in [7, 11) is 1.28. The highest BCUT2D eigenvalue weighted by atomic mass is 16.5. The van der Waals surface area contributed by atoms with Crippen molar-refractivity contribution < 1.29 is 24.5 Å². The van der Waals surface area contributed by atoms with Crippen LogP contribution in [-0.2, 0) is 14.3 Å². The molecule has 0 fully saturated rings. The molecular weight excluding hydrogens is 164 g/mol. The number of aliphatic hydroxyl groups excluding tert-OH is 2. The molecule has 5 nitrogen and oxygen atoms in total. The molecule has 0 aliphatic carbocycles. The van der Waals surface area contributed by atoms with Gasteiger partial charge in [0.15, 0.2) is 11.6 Å². The Bertz CT molecular complexity index is 177. The number of hydrogen-bond donors (Lipinski definition) is 2. The highest BCUT2D eigenvalue weighted by molar-refractivity contribution is 5.92. The van der Waals surface area contributed by atoms with Crippen LogP contribution in [0.1, 0.15) is 6.92 Å². The lowest BCUT2D eigenvalue weighted by Crippen LogP contribution is -2.40. The Morgan fingerprint density at radius 1 is 1.33 bits per heavy atom. The highest BCUT2D eigenvalue weighted by Crippen LogP contribution is 1.96. The molecule has 0 amide bonds. The molecule has 0 heterocycles. The number of rotatable bonds is 5. The Morgan fingerprint density at radius 2 is 1.83 bits per heavy atom. The van der Waals surface area contributed by atoms with E-state index in [1.165, 1.54) is 7.11 Å². The van der Waals surface area contributed by atoms with E-state index < -0.39 is 23.8 Å². The molecule has 70 valence electrons. The predicted molar refractivity (Wildman–Crippen MR) is 39.6 cm³/mol. The highest BCUT2D eigenvalue weighted by Gasteiger charge is 2.26. The second kappa shape index (κ2) is 4.97. The van der Waals surface area contributed by atoms with Crippen LogP contribution in [0.2, 0.25) is 0 Å². The molecule has 0 aliphatic rings. The summed E-state index contributed by atoms with van der Waals surface area (Å²) in [5.41, 5.74) is 0. The Kier molecular flexibility index (Phi) is 4.65. The number of hydrogen-bond acceptors (Lipinski definition) is 5. The van der Waals surface area contributed by atoms with E-state index in [4.69, 9.17) is 10.2 Å². The van der Waals surface area contributed by atoms with Crippen LogP contribution in [0.25, 0.3) is 0 Å². The minimum absolute atomic E-state index is 0.314. The second-order valence-electron chi connectivity index (χ2n) is 2.40. The predicted octanol–water partition coefficient (Wildman–Crippen LogP) is -1.49. The Labute approximate surface area is 70.0 Å². The summed E-state index contributed by atoms with van der Waals surface area (Å²) in [5, 5.41) is 17.9. The second-order valence-corrected chi connectivity index (χ2v) is 2.40. The molecule has 0 radical (unpaired) electrons. The normalized spacial score (nSPS) is 15.3. The zero-order chi connectivity index (χ0) is 9.72. The molecule has 2 N–H and O–H groups in total. The summed E-state index contributed by atoms with van der Waals surface area (Å²) >= 11 is 0. The minimum atomic E-state index is -1.68. The Balaban J connectivity index is 4.09. The molecule has 2 atom stereocenters. The smallest absolute Gasteiger partial charge is 0.189 e. The minimum Gasteiger partial charge on any atom is -0.382 e. The van der Waals surface area contributed by atoms with Gasteiger partial charge in [0.2, 0.25) is 0 Å². The van der Waals surface area contributed by atoms with E-state index in [0.29, 0.717) is 0 Å². The van der Waals surface area contributed by atoms with Crippen molar-refractivity contribution in [2.75, 3.05) is 13.7 Å². The summed E-state index contributed by atoms with van der Waals surface area (Å²) in [5.74, 6) is -1.35. The van der Waals surface area contributed by atoms with Crippen molar-refractivity contribution in [3.05, 3.63) is 0 Å². The van der Waals surface area contributed by atoms with Crippen molar-refractivity contribution in [1.29, 1.82) is 0 Å². The molecule has 0 saturated heterocycles. The number of ketones is 2. The third-order valence-corrected chi connectivity index (χ3v) is 1.33. The van der Waals surface area contributed by atoms with Crippen LogP contribution >= 0.6 is 0 Å². The molecule has 0 aliphatic heterocycles. The maximum atomic E-state index is 10.8. The molecule has 0 bridgehead atoms. The van der Waals surface area contributed by atoms with E-state index in [1.807, 2.05) is 0 Å². The van der Waals surface area contributed by atoms with Gasteiger partial charge in [0, 0.05) is 7.11 Å². The van der Waals surface area contributed by atoms with Gasteiger partial charge in [-0.2, -0.15) is 0 Å². The molecule has 2 unspecified atom stereocenters. The summed E-state index contributed by atoms with van der Waals surface area (Å²) in [4.78, 5) is 21.3. The first-order chi connectivity index (χ1) is 5.50. The van der Waals surface area contributed by atoms with E-state index in [9.17, 15) is 9.59 Å². The molecule has 12 heavy (non-hydrogen) atoms. The van der Waals surface area contributed by atoms with Crippen LogP contribution in [0.4, 0.5) is 0 Å². The van der Waals surface area contributed by atoms with Gasteiger partial charge in [0.05, 0.1) is 0 Å². The van der Waals surface area contributed by atoms with Crippen LogP contribution in [0.3, 0.4) is 0 Å². The Hall–Kier alpha value is -0.780. The summed E-state index contributed by atoms with van der Waals surface area (Å²) in [6, 6.07) is 0. The molecular formula is C7H12O5. The van der Waals surface area contributed by atoms with Crippen molar-refractivity contribution in [3.8, 4) is 0 Å². The Morgan fingerprint density at radius 3 is 2.17 bits per heavy atom. The van der Waals surface area contributed by atoms with E-state index in [1.54, 1.807) is 0 Å². The first kappa shape index (κ1) is 11.2. The molecule has 0 aromatic rings. The molecule has 0 aromatic heterocycles.